The first-order valence-electron chi connectivity index (χ1n) is 18.8. The summed E-state index contributed by atoms with van der Waals surface area (Å²) in [4.78, 5) is 10.5. The van der Waals surface area contributed by atoms with E-state index < -0.39 is 0 Å². The highest BCUT2D eigenvalue weighted by Crippen LogP contribution is 2.44. The molecule has 4 nitrogen and oxygen atoms in total. The van der Waals surface area contributed by atoms with Crippen LogP contribution in [0.5, 0.6) is 0 Å². The van der Waals surface area contributed by atoms with Gasteiger partial charge in [0.15, 0.2) is 5.84 Å². The second-order valence-electron chi connectivity index (χ2n) is 14.1. The van der Waals surface area contributed by atoms with E-state index in [9.17, 15) is 0 Å². The van der Waals surface area contributed by atoms with Crippen molar-refractivity contribution < 1.29 is 4.42 Å². The summed E-state index contributed by atoms with van der Waals surface area (Å²) in [7, 11) is 0. The Kier molecular flexibility index (Phi) is 7.71. The Bertz CT molecular complexity index is 3150. The molecule has 56 heavy (non-hydrogen) atoms. The van der Waals surface area contributed by atoms with E-state index in [0.29, 0.717) is 5.84 Å². The van der Waals surface area contributed by atoms with Crippen LogP contribution in [0, 0.1) is 0 Å². The Balaban J connectivity index is 1.13. The third-order valence-electron chi connectivity index (χ3n) is 10.8. The van der Waals surface area contributed by atoms with Crippen LogP contribution in [0.25, 0.3) is 75.5 Å². The van der Waals surface area contributed by atoms with E-state index in [2.05, 4.69) is 163 Å². The Morgan fingerprint density at radius 3 is 1.75 bits per heavy atom. The van der Waals surface area contributed by atoms with Crippen LogP contribution in [0.15, 0.2) is 202 Å². The molecule has 1 unspecified atom stereocenters. The highest BCUT2D eigenvalue weighted by atomic mass is 32.1. The summed E-state index contributed by atoms with van der Waals surface area (Å²) in [5, 5.41) is 8.15. The van der Waals surface area contributed by atoms with Crippen molar-refractivity contribution in [3.63, 3.8) is 0 Å². The molecule has 8 aromatic carbocycles. The molecule has 0 aliphatic carbocycles. The summed E-state index contributed by atoms with van der Waals surface area (Å²) < 4.78 is 9.67. The minimum atomic E-state index is -0.314. The van der Waals surface area contributed by atoms with Crippen LogP contribution in [-0.2, 0) is 0 Å². The zero-order chi connectivity index (χ0) is 37.0. The number of furan rings is 1. The summed E-state index contributed by atoms with van der Waals surface area (Å²) in [6, 6.07) is 66.2. The van der Waals surface area contributed by atoms with Crippen molar-refractivity contribution >= 4 is 65.1 Å². The van der Waals surface area contributed by atoms with E-state index in [1.807, 2.05) is 41.7 Å². The van der Waals surface area contributed by atoms with Gasteiger partial charge in [0.2, 0.25) is 0 Å². The molecule has 0 amide bonds. The van der Waals surface area contributed by atoms with Crippen LogP contribution in [0.4, 0.5) is 0 Å². The molecule has 3 heterocycles. The van der Waals surface area contributed by atoms with Gasteiger partial charge in [-0.25, -0.2) is 9.98 Å². The smallest absolute Gasteiger partial charge is 0.160 e. The molecule has 0 bridgehead atoms. The number of hydrogen-bond acceptors (Lipinski definition) is 5. The number of aliphatic imine (C=N–C) groups is 2. The highest BCUT2D eigenvalue weighted by Gasteiger charge is 2.26. The van der Waals surface area contributed by atoms with E-state index in [0.717, 1.165) is 66.7 Å². The number of nitrogens with one attached hydrogen (secondary N) is 1. The van der Waals surface area contributed by atoms with Crippen molar-refractivity contribution in [1.29, 1.82) is 0 Å². The lowest BCUT2D eigenvalue weighted by atomic mass is 9.96. The van der Waals surface area contributed by atoms with Crippen molar-refractivity contribution in [3.05, 3.63) is 205 Å². The normalized spacial score (nSPS) is 14.2. The van der Waals surface area contributed by atoms with Gasteiger partial charge < -0.3 is 9.73 Å². The van der Waals surface area contributed by atoms with Crippen molar-refractivity contribution in [2.24, 2.45) is 9.98 Å². The molecule has 0 fully saturated rings. The van der Waals surface area contributed by atoms with E-state index in [-0.39, 0.29) is 6.17 Å². The summed E-state index contributed by atoms with van der Waals surface area (Å²) in [5.74, 6) is 1.44. The number of benzene rings is 8. The molecule has 1 aliphatic heterocycles. The molecule has 0 saturated heterocycles. The third kappa shape index (κ3) is 5.52. The van der Waals surface area contributed by atoms with Crippen LogP contribution in [0.1, 0.15) is 22.9 Å². The molecule has 2 aromatic heterocycles. The van der Waals surface area contributed by atoms with Gasteiger partial charge in [-0.05, 0) is 64.2 Å². The van der Waals surface area contributed by atoms with E-state index in [1.165, 1.54) is 31.3 Å². The quantitative estimate of drug-likeness (QED) is 0.185. The number of hydrogen-bond donors (Lipinski definition) is 1. The monoisotopic (exact) mass is 735 g/mol. The third-order valence-corrected chi connectivity index (χ3v) is 11.9. The average Bonchev–Trinajstić information content (AvgIpc) is 3.85. The molecule has 10 aromatic rings. The zero-order valence-electron chi connectivity index (χ0n) is 30.2. The number of nitrogens with zero attached hydrogens (tertiary/aromatic N) is 2. The first-order valence-corrected chi connectivity index (χ1v) is 19.7. The van der Waals surface area contributed by atoms with Crippen LogP contribution in [0.2, 0.25) is 0 Å². The van der Waals surface area contributed by atoms with E-state index in [1.54, 1.807) is 0 Å². The molecule has 264 valence electrons. The lowest BCUT2D eigenvalue weighted by Crippen LogP contribution is -2.33. The fourth-order valence-corrected chi connectivity index (χ4v) is 9.10. The second kappa shape index (κ2) is 13.3. The lowest BCUT2D eigenvalue weighted by molar-refractivity contribution is 0.670. The lowest BCUT2D eigenvalue weighted by Gasteiger charge is -2.24. The Morgan fingerprint density at radius 2 is 1.04 bits per heavy atom. The molecule has 5 heteroatoms. The fourth-order valence-electron chi connectivity index (χ4n) is 8.03. The van der Waals surface area contributed by atoms with Crippen molar-refractivity contribution in [2.75, 3.05) is 0 Å². The zero-order valence-corrected chi connectivity index (χ0v) is 31.0. The van der Waals surface area contributed by atoms with Gasteiger partial charge in [0.25, 0.3) is 0 Å². The Labute approximate surface area is 327 Å². The summed E-state index contributed by atoms with van der Waals surface area (Å²) in [6.07, 6.45) is -0.314. The van der Waals surface area contributed by atoms with Gasteiger partial charge in [-0.15, -0.1) is 11.3 Å². The predicted octanol–water partition coefficient (Wildman–Crippen LogP) is 13.5. The SMILES string of the molecule is c1ccc(C2=NC(c3ccc(-c4ccccc4)c4oc5c(-c6ccc7sc8ccc(-c9ccccc9)cc8c7c6)cccc5c34)=NC(c3ccccc3)N2)cc1. The van der Waals surface area contributed by atoms with Crippen molar-refractivity contribution in [3.8, 4) is 33.4 Å². The van der Waals surface area contributed by atoms with Crippen LogP contribution < -0.4 is 5.32 Å². The van der Waals surface area contributed by atoms with Gasteiger partial charge in [0.05, 0.1) is 0 Å². The highest BCUT2D eigenvalue weighted by molar-refractivity contribution is 7.25. The predicted molar refractivity (Wildman–Crippen MR) is 235 cm³/mol. The molecular weight excluding hydrogens is 703 g/mol. The Morgan fingerprint density at radius 1 is 0.446 bits per heavy atom. The van der Waals surface area contributed by atoms with Gasteiger partial charge in [0.1, 0.15) is 23.2 Å². The van der Waals surface area contributed by atoms with Crippen LogP contribution >= 0.6 is 11.3 Å². The first kappa shape index (κ1) is 32.4. The van der Waals surface area contributed by atoms with Crippen molar-refractivity contribution in [2.45, 2.75) is 6.17 Å². The second-order valence-corrected chi connectivity index (χ2v) is 15.2. The van der Waals surface area contributed by atoms with Crippen LogP contribution in [0.3, 0.4) is 0 Å². The molecule has 1 aliphatic rings. The number of fused-ring (bicyclic) bond motifs is 6. The van der Waals surface area contributed by atoms with Gasteiger partial charge in [-0.3, -0.25) is 0 Å². The maximum Gasteiger partial charge on any atom is 0.160 e. The Hall–Kier alpha value is -7.08. The van der Waals surface area contributed by atoms with Gasteiger partial charge in [0, 0.05) is 53.2 Å². The maximum absolute atomic E-state index is 7.12. The number of rotatable bonds is 6. The van der Waals surface area contributed by atoms with Gasteiger partial charge in [-0.2, -0.15) is 0 Å². The maximum atomic E-state index is 7.12. The van der Waals surface area contributed by atoms with E-state index >= 15 is 0 Å². The topological polar surface area (TPSA) is 49.9 Å². The first-order chi connectivity index (χ1) is 27.7. The minimum absolute atomic E-state index is 0.314. The average molecular weight is 736 g/mol. The largest absolute Gasteiger partial charge is 0.455 e. The summed E-state index contributed by atoms with van der Waals surface area (Å²) in [6.45, 7) is 0. The standard InChI is InChI=1S/C51H33N3OS/c1-5-14-32(15-6-1)36-24-28-44-42(30-36)43-31-37(25-29-45(43)56-44)38-22-13-23-40-46-41(27-26-39(48(46)55-47(38)40)33-16-7-2-8-17-33)51-53-49(34-18-9-3-10-19-34)52-50(54-51)35-20-11-4-12-21-35/h1-31,49H,(H,52,53,54). The molecule has 0 radical (unpaired) electrons. The molecule has 1 N–H and O–H groups in total. The number of thiophene rings is 1. The number of amidine groups is 2. The van der Waals surface area contributed by atoms with Crippen molar-refractivity contribution in [1.82, 2.24) is 5.32 Å². The van der Waals surface area contributed by atoms with E-state index in [4.69, 9.17) is 14.4 Å². The van der Waals surface area contributed by atoms with Crippen LogP contribution in [-0.4, -0.2) is 11.7 Å². The molecule has 1 atom stereocenters. The molecule has 0 saturated carbocycles. The summed E-state index contributed by atoms with van der Waals surface area (Å²) >= 11 is 1.84. The van der Waals surface area contributed by atoms with Gasteiger partial charge in [-0.1, -0.05) is 152 Å². The molecular formula is C51H33N3OS. The molecule has 0 spiro atoms. The fraction of sp³-hybridized carbons (Fsp3) is 0.0196. The summed E-state index contributed by atoms with van der Waals surface area (Å²) in [5.41, 5.74) is 11.4. The number of para-hydroxylation sites is 1. The molecule has 11 rings (SSSR count). The van der Waals surface area contributed by atoms with Gasteiger partial charge >= 0.3 is 0 Å². The minimum Gasteiger partial charge on any atom is -0.455 e.